The Morgan fingerprint density at radius 3 is 2.68 bits per heavy atom. The van der Waals surface area contributed by atoms with E-state index in [1.54, 1.807) is 12.1 Å². The molecule has 38 heavy (non-hydrogen) atoms. The van der Waals surface area contributed by atoms with Crippen molar-refractivity contribution in [3.8, 4) is 17.0 Å². The summed E-state index contributed by atoms with van der Waals surface area (Å²) in [6.07, 6.45) is 3.38. The number of benzene rings is 2. The smallest absolute Gasteiger partial charge is 0.335 e. The third-order valence-electron chi connectivity index (χ3n) is 8.11. The van der Waals surface area contributed by atoms with Crippen molar-refractivity contribution in [2.24, 2.45) is 0 Å². The lowest BCUT2D eigenvalue weighted by Gasteiger charge is -2.31. The Morgan fingerprint density at radius 2 is 1.95 bits per heavy atom. The molecule has 6 nitrogen and oxygen atoms in total. The Kier molecular flexibility index (Phi) is 8.05. The molecule has 2 aromatic carbocycles. The molecule has 7 heteroatoms. The maximum Gasteiger partial charge on any atom is 0.335 e. The number of hydrogen-bond acceptors (Lipinski definition) is 4. The number of nitrogens with zero attached hydrogens (tertiary/aromatic N) is 3. The summed E-state index contributed by atoms with van der Waals surface area (Å²) in [4.78, 5) is 16.6. The number of fused-ring (bicyclic) bond motifs is 5. The third-order valence-corrected chi connectivity index (χ3v) is 8.11. The maximum atomic E-state index is 15.6. The minimum atomic E-state index is -0.943. The van der Waals surface area contributed by atoms with Crippen molar-refractivity contribution in [2.45, 2.75) is 64.2 Å². The Bertz CT molecular complexity index is 1300. The first-order chi connectivity index (χ1) is 18.4. The Morgan fingerprint density at radius 1 is 1.13 bits per heavy atom. The molecule has 2 aliphatic rings. The fourth-order valence-electron chi connectivity index (χ4n) is 6.15. The molecule has 1 N–H and O–H groups in total. The van der Waals surface area contributed by atoms with Crippen molar-refractivity contribution in [3.05, 3.63) is 53.1 Å². The Balaban J connectivity index is 1.73. The van der Waals surface area contributed by atoms with Crippen LogP contribution in [0.5, 0.6) is 5.75 Å². The van der Waals surface area contributed by atoms with E-state index < -0.39 is 12.1 Å². The molecule has 0 saturated heterocycles. The number of alkyl halides is 1. The SMILES string of the molecule is CCCOc1ccc2c(c1)CN(CCN(C)C)CCn1c-2c([C@@H]2CCCC[C@H]2F)c2ccc(C(=O)O)cc21. The van der Waals surface area contributed by atoms with Gasteiger partial charge in [-0.1, -0.05) is 25.8 Å². The number of hydrogen-bond donors (Lipinski definition) is 1. The van der Waals surface area contributed by atoms with Crippen LogP contribution in [0, 0.1) is 0 Å². The number of carboxylic acids is 1. The van der Waals surface area contributed by atoms with Gasteiger partial charge in [0.25, 0.3) is 0 Å². The van der Waals surface area contributed by atoms with Gasteiger partial charge in [0.1, 0.15) is 11.9 Å². The molecule has 2 atom stereocenters. The molecule has 1 aliphatic carbocycles. The monoisotopic (exact) mass is 521 g/mol. The molecule has 0 amide bonds. The van der Waals surface area contributed by atoms with Crippen LogP contribution in [0.2, 0.25) is 0 Å². The van der Waals surface area contributed by atoms with Crippen LogP contribution in [0.15, 0.2) is 36.4 Å². The summed E-state index contributed by atoms with van der Waals surface area (Å²) < 4.78 is 23.9. The highest BCUT2D eigenvalue weighted by molar-refractivity contribution is 5.98. The van der Waals surface area contributed by atoms with Gasteiger partial charge < -0.3 is 19.3 Å². The number of aromatic nitrogens is 1. The van der Waals surface area contributed by atoms with E-state index in [1.807, 2.05) is 12.1 Å². The number of rotatable bonds is 8. The Labute approximate surface area is 225 Å². The molecule has 0 radical (unpaired) electrons. The molecular weight excluding hydrogens is 481 g/mol. The first kappa shape index (κ1) is 26.7. The van der Waals surface area contributed by atoms with Crippen molar-refractivity contribution in [1.82, 2.24) is 14.4 Å². The first-order valence-corrected chi connectivity index (χ1v) is 14.0. The number of halogens is 1. The zero-order chi connectivity index (χ0) is 26.8. The summed E-state index contributed by atoms with van der Waals surface area (Å²) >= 11 is 0. The van der Waals surface area contributed by atoms with E-state index in [-0.39, 0.29) is 11.5 Å². The standard InChI is InChI=1S/C31H40FN3O3/c1-4-17-38-23-10-12-24-22(18-23)20-34(14-13-33(2)3)15-16-35-28-19-21(31(36)37)9-11-26(28)29(30(24)35)25-7-5-6-8-27(25)32/h9-12,18-19,25,27H,4-8,13-17,20H2,1-3H3,(H,36,37)/t25-,27-/m1/s1. The molecule has 0 spiro atoms. The molecule has 3 aromatic rings. The van der Waals surface area contributed by atoms with Gasteiger partial charge >= 0.3 is 5.97 Å². The van der Waals surface area contributed by atoms with Crippen LogP contribution in [-0.4, -0.2) is 72.0 Å². The van der Waals surface area contributed by atoms with E-state index in [0.29, 0.717) is 13.0 Å². The lowest BCUT2D eigenvalue weighted by molar-refractivity contribution is 0.0697. The van der Waals surface area contributed by atoms with E-state index in [2.05, 4.69) is 47.5 Å². The zero-order valence-corrected chi connectivity index (χ0v) is 22.9. The highest BCUT2D eigenvalue weighted by Crippen LogP contribution is 2.47. The second-order valence-electron chi connectivity index (χ2n) is 11.1. The van der Waals surface area contributed by atoms with E-state index in [1.165, 1.54) is 5.56 Å². The van der Waals surface area contributed by atoms with Gasteiger partial charge in [0, 0.05) is 55.1 Å². The topological polar surface area (TPSA) is 57.9 Å². The van der Waals surface area contributed by atoms with E-state index in [0.717, 1.165) is 91.9 Å². The van der Waals surface area contributed by atoms with E-state index >= 15 is 4.39 Å². The summed E-state index contributed by atoms with van der Waals surface area (Å²) in [5.41, 5.74) is 5.53. The van der Waals surface area contributed by atoms with Crippen LogP contribution in [-0.2, 0) is 13.1 Å². The minimum absolute atomic E-state index is 0.189. The predicted molar refractivity (Wildman–Crippen MR) is 150 cm³/mol. The molecule has 5 rings (SSSR count). The normalized spacial score (nSPS) is 20.1. The lowest BCUT2D eigenvalue weighted by Crippen LogP contribution is -2.35. The van der Waals surface area contributed by atoms with Crippen molar-refractivity contribution in [1.29, 1.82) is 0 Å². The summed E-state index contributed by atoms with van der Waals surface area (Å²) in [6, 6.07) is 11.7. The van der Waals surface area contributed by atoms with Crippen LogP contribution in [0.3, 0.4) is 0 Å². The second kappa shape index (κ2) is 11.5. The van der Waals surface area contributed by atoms with Crippen LogP contribution in [0.25, 0.3) is 22.2 Å². The van der Waals surface area contributed by atoms with Crippen LogP contribution in [0.4, 0.5) is 4.39 Å². The quantitative estimate of drug-likeness (QED) is 0.384. The largest absolute Gasteiger partial charge is 0.494 e. The average molecular weight is 522 g/mol. The van der Waals surface area contributed by atoms with Crippen molar-refractivity contribution in [3.63, 3.8) is 0 Å². The van der Waals surface area contributed by atoms with Crippen molar-refractivity contribution in [2.75, 3.05) is 40.3 Å². The molecule has 1 saturated carbocycles. The van der Waals surface area contributed by atoms with Crippen LogP contribution < -0.4 is 4.74 Å². The fourth-order valence-corrected chi connectivity index (χ4v) is 6.15. The summed E-state index contributed by atoms with van der Waals surface area (Å²) in [5.74, 6) is -0.273. The van der Waals surface area contributed by atoms with Gasteiger partial charge in [0.05, 0.1) is 17.9 Å². The maximum absolute atomic E-state index is 15.6. The molecule has 1 aliphatic heterocycles. The van der Waals surface area contributed by atoms with Crippen molar-refractivity contribution >= 4 is 16.9 Å². The summed E-state index contributed by atoms with van der Waals surface area (Å²) in [6.45, 7) is 6.97. The van der Waals surface area contributed by atoms with Gasteiger partial charge in [-0.2, -0.15) is 0 Å². The predicted octanol–water partition coefficient (Wildman–Crippen LogP) is 6.17. The number of carbonyl (C=O) groups is 1. The molecule has 1 aromatic heterocycles. The minimum Gasteiger partial charge on any atom is -0.494 e. The number of aromatic carboxylic acids is 1. The third kappa shape index (κ3) is 5.32. The van der Waals surface area contributed by atoms with Crippen molar-refractivity contribution < 1.29 is 19.0 Å². The summed E-state index contributed by atoms with van der Waals surface area (Å²) in [7, 11) is 4.17. The Hall–Kier alpha value is -2.90. The highest BCUT2D eigenvalue weighted by Gasteiger charge is 2.34. The van der Waals surface area contributed by atoms with E-state index in [4.69, 9.17) is 4.74 Å². The molecule has 1 fully saturated rings. The number of carboxylic acid groups (broad SMARTS) is 1. The lowest BCUT2D eigenvalue weighted by atomic mass is 9.80. The van der Waals surface area contributed by atoms with E-state index in [9.17, 15) is 9.90 Å². The molecule has 2 heterocycles. The molecule has 204 valence electrons. The van der Waals surface area contributed by atoms with Crippen LogP contribution in [0.1, 0.15) is 66.4 Å². The summed E-state index contributed by atoms with van der Waals surface area (Å²) in [5, 5.41) is 10.8. The average Bonchev–Trinajstić information content (AvgIpc) is 3.20. The van der Waals surface area contributed by atoms with Gasteiger partial charge in [-0.25, -0.2) is 9.18 Å². The molecule has 0 unspecified atom stereocenters. The molecule has 0 bridgehead atoms. The number of likely N-dealkylation sites (N-methyl/N-ethyl adjacent to an activating group) is 1. The zero-order valence-electron chi connectivity index (χ0n) is 22.9. The van der Waals surface area contributed by atoms with Gasteiger partial charge in [0.15, 0.2) is 0 Å². The second-order valence-corrected chi connectivity index (χ2v) is 11.1. The molecular formula is C31H40FN3O3. The number of ether oxygens (including phenoxy) is 1. The van der Waals surface area contributed by atoms with Gasteiger partial charge in [0.2, 0.25) is 0 Å². The first-order valence-electron chi connectivity index (χ1n) is 14.0. The van der Waals surface area contributed by atoms with Gasteiger partial charge in [-0.3, -0.25) is 4.90 Å². The fraction of sp³-hybridized carbons (Fsp3) is 0.516. The van der Waals surface area contributed by atoms with Gasteiger partial charge in [-0.15, -0.1) is 0 Å². The van der Waals surface area contributed by atoms with Crippen LogP contribution >= 0.6 is 0 Å². The van der Waals surface area contributed by atoms with Gasteiger partial charge in [-0.05, 0) is 74.8 Å². The highest BCUT2D eigenvalue weighted by atomic mass is 19.1.